The molecule has 1 aromatic carbocycles. The van der Waals surface area contributed by atoms with Crippen LogP contribution in [0.3, 0.4) is 0 Å². The molecule has 1 heterocycles. The van der Waals surface area contributed by atoms with Crippen molar-refractivity contribution >= 4 is 21.5 Å². The molecule has 2 rings (SSSR count). The van der Waals surface area contributed by atoms with Gasteiger partial charge in [0.05, 0.1) is 17.2 Å². The Balaban J connectivity index is 1.94. The molecule has 1 aliphatic heterocycles. The van der Waals surface area contributed by atoms with E-state index in [9.17, 15) is 18.3 Å². The first-order valence-electron chi connectivity index (χ1n) is 7.25. The van der Waals surface area contributed by atoms with Crippen LogP contribution in [0.2, 0.25) is 0 Å². The molecule has 0 unspecified atom stereocenters. The van der Waals surface area contributed by atoms with Crippen LogP contribution in [-0.2, 0) is 14.6 Å². The predicted octanol–water partition coefficient (Wildman–Crippen LogP) is 1.45. The van der Waals surface area contributed by atoms with Crippen molar-refractivity contribution in [1.82, 2.24) is 5.43 Å². The zero-order valence-corrected chi connectivity index (χ0v) is 13.3. The van der Waals surface area contributed by atoms with Crippen molar-refractivity contribution in [3.63, 3.8) is 0 Å². The zero-order valence-electron chi connectivity index (χ0n) is 12.4. The molecule has 1 fully saturated rings. The number of sulfone groups is 1. The SMILES string of the molecule is CC/C(=N\NC(=O)C[C@@H]1CCS(=O)(=O)C1)c1ccc(O)cc1. The quantitative estimate of drug-likeness (QED) is 0.633. The average molecular weight is 324 g/mol. The number of hydrogen-bond acceptors (Lipinski definition) is 5. The van der Waals surface area contributed by atoms with Gasteiger partial charge in [-0.1, -0.05) is 6.92 Å². The monoisotopic (exact) mass is 324 g/mol. The fraction of sp³-hybridized carbons (Fsp3) is 0.467. The highest BCUT2D eigenvalue weighted by Crippen LogP contribution is 2.21. The number of aromatic hydroxyl groups is 1. The summed E-state index contributed by atoms with van der Waals surface area (Å²) in [5.74, 6) is 0.0430. The minimum absolute atomic E-state index is 0.0860. The van der Waals surface area contributed by atoms with Crippen LogP contribution in [0.1, 0.15) is 31.7 Å². The predicted molar refractivity (Wildman–Crippen MR) is 84.5 cm³/mol. The van der Waals surface area contributed by atoms with Crippen LogP contribution in [0.4, 0.5) is 0 Å². The van der Waals surface area contributed by atoms with Gasteiger partial charge in [-0.15, -0.1) is 0 Å². The van der Waals surface area contributed by atoms with Crippen molar-refractivity contribution in [3.05, 3.63) is 29.8 Å². The lowest BCUT2D eigenvalue weighted by atomic mass is 10.1. The van der Waals surface area contributed by atoms with E-state index in [2.05, 4.69) is 10.5 Å². The summed E-state index contributed by atoms with van der Waals surface area (Å²) >= 11 is 0. The number of phenolic OH excluding ortho intramolecular Hbond substituents is 1. The van der Waals surface area contributed by atoms with Crippen molar-refractivity contribution < 1.29 is 18.3 Å². The maximum atomic E-state index is 11.9. The average Bonchev–Trinajstić information content (AvgIpc) is 2.80. The van der Waals surface area contributed by atoms with Gasteiger partial charge >= 0.3 is 0 Å². The number of carbonyl (C=O) groups excluding carboxylic acids is 1. The molecular weight excluding hydrogens is 304 g/mol. The summed E-state index contributed by atoms with van der Waals surface area (Å²) in [7, 11) is -2.96. The second-order valence-electron chi connectivity index (χ2n) is 5.47. The molecule has 120 valence electrons. The fourth-order valence-corrected chi connectivity index (χ4v) is 4.33. The van der Waals surface area contributed by atoms with E-state index in [4.69, 9.17) is 0 Å². The Hall–Kier alpha value is -1.89. The molecule has 1 atom stereocenters. The molecule has 1 saturated heterocycles. The Morgan fingerprint density at radius 3 is 2.59 bits per heavy atom. The van der Waals surface area contributed by atoms with E-state index in [0.717, 1.165) is 5.56 Å². The van der Waals surface area contributed by atoms with Crippen molar-refractivity contribution in [3.8, 4) is 5.75 Å². The topological polar surface area (TPSA) is 95.8 Å². The van der Waals surface area contributed by atoms with Gasteiger partial charge in [-0.2, -0.15) is 5.10 Å². The first kappa shape index (κ1) is 16.5. The molecular formula is C15H20N2O4S. The highest BCUT2D eigenvalue weighted by Gasteiger charge is 2.29. The molecule has 22 heavy (non-hydrogen) atoms. The van der Waals surface area contributed by atoms with E-state index in [1.54, 1.807) is 24.3 Å². The Kier molecular flexibility index (Phi) is 5.18. The number of carbonyl (C=O) groups is 1. The lowest BCUT2D eigenvalue weighted by molar-refractivity contribution is -0.121. The van der Waals surface area contributed by atoms with E-state index < -0.39 is 9.84 Å². The first-order chi connectivity index (χ1) is 10.4. The molecule has 7 heteroatoms. The third-order valence-corrected chi connectivity index (χ3v) is 5.49. The van der Waals surface area contributed by atoms with Gasteiger partial charge in [-0.3, -0.25) is 4.79 Å². The second kappa shape index (κ2) is 6.91. The molecule has 0 bridgehead atoms. The van der Waals surface area contributed by atoms with Crippen LogP contribution < -0.4 is 5.43 Å². The summed E-state index contributed by atoms with van der Waals surface area (Å²) in [4.78, 5) is 11.9. The molecule has 0 saturated carbocycles. The Bertz CT molecular complexity index is 665. The molecule has 2 N–H and O–H groups in total. The van der Waals surface area contributed by atoms with Gasteiger partial charge in [0.2, 0.25) is 5.91 Å². The summed E-state index contributed by atoms with van der Waals surface area (Å²) in [6.45, 7) is 1.92. The van der Waals surface area contributed by atoms with Gasteiger partial charge in [-0.05, 0) is 48.6 Å². The van der Waals surface area contributed by atoms with Gasteiger partial charge < -0.3 is 5.11 Å². The maximum Gasteiger partial charge on any atom is 0.240 e. The lowest BCUT2D eigenvalue weighted by Crippen LogP contribution is -2.23. The molecule has 6 nitrogen and oxygen atoms in total. The zero-order chi connectivity index (χ0) is 16.2. The molecule has 1 aromatic rings. The van der Waals surface area contributed by atoms with Crippen LogP contribution in [-0.4, -0.2) is 36.6 Å². The number of phenols is 1. The number of rotatable bonds is 5. The highest BCUT2D eigenvalue weighted by molar-refractivity contribution is 7.91. The lowest BCUT2D eigenvalue weighted by Gasteiger charge is -2.08. The van der Waals surface area contributed by atoms with Crippen LogP contribution >= 0.6 is 0 Å². The maximum absolute atomic E-state index is 11.9. The number of benzene rings is 1. The van der Waals surface area contributed by atoms with Crippen LogP contribution in [0.25, 0.3) is 0 Å². The van der Waals surface area contributed by atoms with Crippen LogP contribution in [0.5, 0.6) is 5.75 Å². The highest BCUT2D eigenvalue weighted by atomic mass is 32.2. The largest absolute Gasteiger partial charge is 0.508 e. The van der Waals surface area contributed by atoms with Crippen LogP contribution in [0.15, 0.2) is 29.4 Å². The normalized spacial score (nSPS) is 20.8. The number of amides is 1. The molecule has 0 aliphatic carbocycles. The van der Waals surface area contributed by atoms with Crippen molar-refractivity contribution in [2.45, 2.75) is 26.2 Å². The fourth-order valence-electron chi connectivity index (χ4n) is 2.47. The number of nitrogens with one attached hydrogen (secondary N) is 1. The second-order valence-corrected chi connectivity index (χ2v) is 7.70. The van der Waals surface area contributed by atoms with Crippen molar-refractivity contribution in [2.75, 3.05) is 11.5 Å². The summed E-state index contributed by atoms with van der Waals surface area (Å²) < 4.78 is 22.7. The minimum atomic E-state index is -2.96. The Morgan fingerprint density at radius 1 is 1.36 bits per heavy atom. The molecule has 0 aromatic heterocycles. The minimum Gasteiger partial charge on any atom is -0.508 e. The number of hydrazone groups is 1. The molecule has 0 radical (unpaired) electrons. The first-order valence-corrected chi connectivity index (χ1v) is 9.07. The third kappa shape index (κ3) is 4.56. The van der Waals surface area contributed by atoms with Crippen molar-refractivity contribution in [2.24, 2.45) is 11.0 Å². The molecule has 1 aliphatic rings. The Morgan fingerprint density at radius 2 is 2.05 bits per heavy atom. The van der Waals surface area contributed by atoms with E-state index in [1.165, 1.54) is 0 Å². The standard InChI is InChI=1S/C15H20N2O4S/c1-2-14(12-3-5-13(18)6-4-12)16-17-15(19)9-11-7-8-22(20,21)10-11/h3-6,11,18H,2,7-10H2,1H3,(H,17,19)/b16-14+/t11-/m0/s1. The Labute approximate surface area is 130 Å². The number of nitrogens with zero attached hydrogens (tertiary/aromatic N) is 1. The summed E-state index contributed by atoms with van der Waals surface area (Å²) in [6, 6.07) is 6.58. The summed E-state index contributed by atoms with van der Waals surface area (Å²) in [6.07, 6.45) is 1.34. The summed E-state index contributed by atoms with van der Waals surface area (Å²) in [5, 5.41) is 13.4. The van der Waals surface area contributed by atoms with E-state index in [1.807, 2.05) is 6.92 Å². The van der Waals surface area contributed by atoms with Gasteiger partial charge in [0.15, 0.2) is 9.84 Å². The van der Waals surface area contributed by atoms with Gasteiger partial charge in [0.1, 0.15) is 5.75 Å². The van der Waals surface area contributed by atoms with Gasteiger partial charge in [-0.25, -0.2) is 13.8 Å². The number of hydrogen-bond donors (Lipinski definition) is 2. The van der Waals surface area contributed by atoms with E-state index in [-0.39, 0.29) is 35.5 Å². The molecule has 0 spiro atoms. The van der Waals surface area contributed by atoms with E-state index in [0.29, 0.717) is 18.6 Å². The van der Waals surface area contributed by atoms with Crippen molar-refractivity contribution in [1.29, 1.82) is 0 Å². The third-order valence-electron chi connectivity index (χ3n) is 3.65. The smallest absolute Gasteiger partial charge is 0.240 e. The van der Waals surface area contributed by atoms with Gasteiger partial charge in [0.25, 0.3) is 0 Å². The van der Waals surface area contributed by atoms with Gasteiger partial charge in [0, 0.05) is 6.42 Å². The summed E-state index contributed by atoms with van der Waals surface area (Å²) in [5.41, 5.74) is 4.02. The van der Waals surface area contributed by atoms with Crippen LogP contribution in [0, 0.1) is 5.92 Å². The molecule has 1 amide bonds. The van der Waals surface area contributed by atoms with E-state index >= 15 is 0 Å².